The summed E-state index contributed by atoms with van der Waals surface area (Å²) >= 11 is 0. The summed E-state index contributed by atoms with van der Waals surface area (Å²) in [6.07, 6.45) is -4.96. The van der Waals surface area contributed by atoms with Crippen LogP contribution in [0.1, 0.15) is 35.1 Å². The van der Waals surface area contributed by atoms with Crippen LogP contribution in [0.5, 0.6) is 11.5 Å². The van der Waals surface area contributed by atoms with Gasteiger partial charge in [-0.1, -0.05) is 78.9 Å². The molecule has 1 aliphatic rings. The normalized spacial score (nSPS) is 12.1. The summed E-state index contributed by atoms with van der Waals surface area (Å²) in [5.74, 6) is -3.26. The summed E-state index contributed by atoms with van der Waals surface area (Å²) < 4.78 is 42.8. The zero-order chi connectivity index (χ0) is 33.6. The molecule has 12 heteroatoms. The molecule has 9 nitrogen and oxygen atoms in total. The van der Waals surface area contributed by atoms with Crippen LogP contribution < -0.4 is 26.2 Å². The van der Waals surface area contributed by atoms with Gasteiger partial charge in [0.25, 0.3) is 5.91 Å². The average Bonchev–Trinajstić information content (AvgIpc) is 3.09. The van der Waals surface area contributed by atoms with Gasteiger partial charge in [0.05, 0.1) is 12.2 Å². The number of benzene rings is 4. The number of halogens is 3. The van der Waals surface area contributed by atoms with Gasteiger partial charge in [-0.2, -0.15) is 18.7 Å². The quantitative estimate of drug-likeness (QED) is 0.199. The van der Waals surface area contributed by atoms with Crippen LogP contribution in [0.3, 0.4) is 0 Å². The van der Waals surface area contributed by atoms with E-state index in [4.69, 9.17) is 10.5 Å². The first kappa shape index (κ1) is 34.7. The van der Waals surface area contributed by atoms with Gasteiger partial charge in [-0.3, -0.25) is 9.59 Å². The Kier molecular flexibility index (Phi) is 12.5. The summed E-state index contributed by atoms with van der Waals surface area (Å²) in [6, 6.07) is 31.7. The molecule has 0 radical (unpaired) electrons. The second-order valence-corrected chi connectivity index (χ2v) is 10.5. The number of rotatable bonds is 9. The van der Waals surface area contributed by atoms with Crippen molar-refractivity contribution in [2.75, 3.05) is 11.4 Å². The first-order chi connectivity index (χ1) is 22.6. The number of ether oxygens (including phenoxy) is 1. The van der Waals surface area contributed by atoms with E-state index in [0.717, 1.165) is 24.2 Å². The molecule has 4 aromatic carbocycles. The third-order valence-electron chi connectivity index (χ3n) is 7.06. The van der Waals surface area contributed by atoms with Crippen molar-refractivity contribution in [2.45, 2.75) is 45.1 Å². The van der Waals surface area contributed by atoms with Gasteiger partial charge in [0.2, 0.25) is 5.91 Å². The molecule has 0 spiro atoms. The van der Waals surface area contributed by atoms with Crippen molar-refractivity contribution < 1.29 is 37.1 Å². The van der Waals surface area contributed by atoms with Crippen molar-refractivity contribution in [1.82, 2.24) is 10.8 Å². The molecule has 2 amide bonds. The van der Waals surface area contributed by atoms with E-state index in [0.29, 0.717) is 23.7 Å². The van der Waals surface area contributed by atoms with Crippen LogP contribution in [-0.4, -0.2) is 30.5 Å². The summed E-state index contributed by atoms with van der Waals surface area (Å²) in [6.45, 7) is 2.64. The number of hydrogen-bond acceptors (Lipinski definition) is 7. The van der Waals surface area contributed by atoms with Crippen LogP contribution in [0.4, 0.5) is 18.9 Å². The lowest BCUT2D eigenvalue weighted by atomic mass is 10.0. The van der Waals surface area contributed by atoms with Gasteiger partial charge in [0.15, 0.2) is 5.75 Å². The second kappa shape index (κ2) is 16.9. The van der Waals surface area contributed by atoms with Crippen molar-refractivity contribution >= 4 is 23.5 Å². The van der Waals surface area contributed by atoms with E-state index in [1.54, 1.807) is 54.6 Å². The predicted molar refractivity (Wildman–Crippen MR) is 170 cm³/mol. The molecule has 0 aliphatic carbocycles. The minimum absolute atomic E-state index is 0.133. The van der Waals surface area contributed by atoms with Crippen LogP contribution in [0.15, 0.2) is 103 Å². The zero-order valence-corrected chi connectivity index (χ0v) is 25.5. The minimum Gasteiger partial charge on any atom is -0.455 e. The lowest BCUT2D eigenvalue weighted by Gasteiger charge is -2.25. The summed E-state index contributed by atoms with van der Waals surface area (Å²) in [7, 11) is 0. The first-order valence-corrected chi connectivity index (χ1v) is 14.9. The van der Waals surface area contributed by atoms with Crippen molar-refractivity contribution in [3.63, 3.8) is 0 Å². The maximum absolute atomic E-state index is 13.2. The van der Waals surface area contributed by atoms with Crippen LogP contribution in [0, 0.1) is 0 Å². The number of fused-ring (bicyclic) bond motifs is 1. The molecular weight excluding hydrogens is 613 g/mol. The molecule has 4 N–H and O–H groups in total. The molecule has 4 aromatic rings. The Morgan fingerprint density at radius 3 is 2.23 bits per heavy atom. The van der Waals surface area contributed by atoms with E-state index in [2.05, 4.69) is 34.4 Å². The molecular formula is C35H35F3N4O5. The van der Waals surface area contributed by atoms with E-state index in [1.165, 1.54) is 27.9 Å². The molecule has 1 aliphatic heterocycles. The van der Waals surface area contributed by atoms with Gasteiger partial charge >= 0.3 is 12.1 Å². The number of hydroxylamine groups is 1. The van der Waals surface area contributed by atoms with Gasteiger partial charge in [-0.15, -0.1) is 0 Å². The number of para-hydroxylation sites is 2. The molecule has 0 unspecified atom stereocenters. The van der Waals surface area contributed by atoms with Crippen LogP contribution in [0.25, 0.3) is 0 Å². The topological polar surface area (TPSA) is 123 Å². The van der Waals surface area contributed by atoms with Crippen molar-refractivity contribution in [3.8, 4) is 11.5 Å². The lowest BCUT2D eigenvalue weighted by molar-refractivity contribution is -0.207. The minimum atomic E-state index is -5.26. The van der Waals surface area contributed by atoms with E-state index >= 15 is 0 Å². The van der Waals surface area contributed by atoms with Gasteiger partial charge < -0.3 is 25.5 Å². The molecule has 1 heterocycles. The molecule has 0 atom stereocenters. The Bertz CT molecular complexity index is 1620. The highest BCUT2D eigenvalue weighted by Gasteiger charge is 2.42. The third-order valence-corrected chi connectivity index (χ3v) is 7.06. The number of amides is 2. The number of anilines is 1. The molecule has 47 heavy (non-hydrogen) atoms. The highest BCUT2D eigenvalue weighted by Crippen LogP contribution is 2.34. The van der Waals surface area contributed by atoms with Gasteiger partial charge in [-0.25, -0.2) is 4.79 Å². The highest BCUT2D eigenvalue weighted by atomic mass is 19.4. The summed E-state index contributed by atoms with van der Waals surface area (Å²) in [5, 5.41) is 3.34. The highest BCUT2D eigenvalue weighted by molar-refractivity contribution is 5.96. The van der Waals surface area contributed by atoms with E-state index < -0.39 is 30.4 Å². The summed E-state index contributed by atoms with van der Waals surface area (Å²) in [4.78, 5) is 41.1. The molecule has 0 aromatic heterocycles. The number of nitrogens with one attached hydrogen (secondary N) is 2. The lowest BCUT2D eigenvalue weighted by Crippen LogP contribution is -2.36. The Hall–Kier alpha value is -5.20. The van der Waals surface area contributed by atoms with E-state index in [1.807, 2.05) is 24.3 Å². The fourth-order valence-corrected chi connectivity index (χ4v) is 4.69. The van der Waals surface area contributed by atoms with Crippen LogP contribution in [0.2, 0.25) is 0 Å². The Morgan fingerprint density at radius 2 is 1.51 bits per heavy atom. The monoisotopic (exact) mass is 648 g/mol. The van der Waals surface area contributed by atoms with Crippen molar-refractivity contribution in [3.05, 3.63) is 125 Å². The molecule has 5 rings (SSSR count). The number of carbonyl (C=O) groups excluding carboxylic acids is 3. The number of alkyl halides is 3. The molecule has 246 valence electrons. The Labute approximate surface area is 270 Å². The zero-order valence-electron chi connectivity index (χ0n) is 25.5. The standard InChI is InChI=1S/C26H24F3N3O5.C9H11N/c27-26(28,29)25(35)37-31-23(33)13-14-24(34)32(17-18-7-2-1-3-8-18)21-11-4-5-12-22(21)36-20-10-6-9-19(15-20)16-30;1-2-4-9-7-10-6-5-8(9)3-1/h1-12,15H,13-14,16-17,30H2,(H,31,33);1-4,10H,5-7H2. The second-order valence-electron chi connectivity index (χ2n) is 10.5. The first-order valence-electron chi connectivity index (χ1n) is 14.9. The van der Waals surface area contributed by atoms with E-state index in [-0.39, 0.29) is 13.0 Å². The van der Waals surface area contributed by atoms with Crippen molar-refractivity contribution in [2.24, 2.45) is 5.73 Å². The molecule has 0 fully saturated rings. The van der Waals surface area contributed by atoms with Crippen LogP contribution >= 0.6 is 0 Å². The SMILES string of the molecule is NCc1cccc(Oc2ccccc2N(Cc2ccccc2)C(=O)CCC(=O)NOC(=O)C(F)(F)F)c1.c1ccc2c(c1)CCNC2. The smallest absolute Gasteiger partial charge is 0.455 e. The maximum atomic E-state index is 13.2. The van der Waals surface area contributed by atoms with Gasteiger partial charge in [0.1, 0.15) is 5.75 Å². The number of carbonyl (C=O) groups is 3. The van der Waals surface area contributed by atoms with Gasteiger partial charge in [0, 0.05) is 25.9 Å². The van der Waals surface area contributed by atoms with Gasteiger partial charge in [-0.05, 0) is 59.5 Å². The predicted octanol–water partition coefficient (Wildman–Crippen LogP) is 5.72. The van der Waals surface area contributed by atoms with Crippen LogP contribution in [-0.2, 0) is 45.3 Å². The van der Waals surface area contributed by atoms with E-state index in [9.17, 15) is 27.6 Å². The largest absolute Gasteiger partial charge is 0.493 e. The summed E-state index contributed by atoms with van der Waals surface area (Å²) in [5.41, 5.74) is 12.2. The average molecular weight is 649 g/mol. The van der Waals surface area contributed by atoms with Crippen molar-refractivity contribution in [1.29, 1.82) is 0 Å². The maximum Gasteiger partial charge on any atom is 0.493 e. The molecule has 0 bridgehead atoms. The third kappa shape index (κ3) is 10.7. The fraction of sp³-hybridized carbons (Fsp3) is 0.229. The number of nitrogens with zero attached hydrogens (tertiary/aromatic N) is 1. The number of nitrogens with two attached hydrogens (primary N) is 1. The fourth-order valence-electron chi connectivity index (χ4n) is 4.69. The Balaban J connectivity index is 0.000000420. The Morgan fingerprint density at radius 1 is 0.830 bits per heavy atom. The number of hydrogen-bond donors (Lipinski definition) is 3. The molecule has 0 saturated heterocycles. The molecule has 0 saturated carbocycles.